The molecule has 0 fully saturated rings. The molecule has 27 heavy (non-hydrogen) atoms. The number of hydrogen-bond donors (Lipinski definition) is 1. The third kappa shape index (κ3) is 5.65. The van der Waals surface area contributed by atoms with Gasteiger partial charge in [-0.3, -0.25) is 4.68 Å². The molecule has 1 aromatic carbocycles. The highest BCUT2D eigenvalue weighted by Crippen LogP contribution is 2.25. The summed E-state index contributed by atoms with van der Waals surface area (Å²) in [4.78, 5) is 9.06. The zero-order valence-corrected chi connectivity index (χ0v) is 18.6. The van der Waals surface area contributed by atoms with E-state index in [9.17, 15) is 0 Å². The van der Waals surface area contributed by atoms with Gasteiger partial charge in [-0.25, -0.2) is 9.97 Å². The maximum absolute atomic E-state index is 6.06. The van der Waals surface area contributed by atoms with E-state index in [0.717, 1.165) is 41.3 Å². The monoisotopic (exact) mass is 495 g/mol. The molecule has 0 spiro atoms. The van der Waals surface area contributed by atoms with Crippen molar-refractivity contribution in [2.45, 2.75) is 36.1 Å². The Hall–Kier alpha value is -1.67. The number of nitrogens with zero attached hydrogens (tertiary/aromatic N) is 4. The molecule has 0 aliphatic rings. The molecule has 2 heterocycles. The first-order valence-corrected chi connectivity index (χ1v) is 10.6. The van der Waals surface area contributed by atoms with Crippen LogP contribution in [0.4, 0.5) is 5.82 Å². The molecule has 7 heteroatoms. The number of anilines is 1. The molecule has 0 bridgehead atoms. The first-order chi connectivity index (χ1) is 12.9. The van der Waals surface area contributed by atoms with Crippen molar-refractivity contribution in [2.75, 3.05) is 5.32 Å². The average Bonchev–Trinajstić information content (AvgIpc) is 3.06. The first kappa shape index (κ1) is 20.1. The van der Waals surface area contributed by atoms with Crippen LogP contribution in [-0.4, -0.2) is 23.1 Å². The number of rotatable bonds is 7. The minimum absolute atomic E-state index is 0.114. The van der Waals surface area contributed by atoms with E-state index in [4.69, 9.17) is 11.6 Å². The molecular formula is C20H23ClIN5. The Kier molecular flexibility index (Phi) is 6.70. The zero-order valence-electron chi connectivity index (χ0n) is 15.7. The molecule has 0 aliphatic heterocycles. The lowest BCUT2D eigenvalue weighted by Crippen LogP contribution is -2.10. The van der Waals surface area contributed by atoms with Gasteiger partial charge in [0, 0.05) is 36.6 Å². The second-order valence-electron chi connectivity index (χ2n) is 6.62. The molecule has 2 unspecified atom stereocenters. The van der Waals surface area contributed by atoms with Gasteiger partial charge < -0.3 is 5.32 Å². The van der Waals surface area contributed by atoms with Gasteiger partial charge in [0.15, 0.2) is 0 Å². The molecule has 3 rings (SSSR count). The van der Waals surface area contributed by atoms with Gasteiger partial charge in [-0.05, 0) is 43.9 Å². The highest BCUT2D eigenvalue weighted by molar-refractivity contribution is 14.1. The van der Waals surface area contributed by atoms with Crippen molar-refractivity contribution in [1.82, 2.24) is 19.7 Å². The summed E-state index contributed by atoms with van der Waals surface area (Å²) in [6.07, 6.45) is 5.64. The highest BCUT2D eigenvalue weighted by Gasteiger charge is 2.11. The number of benzene rings is 1. The topological polar surface area (TPSA) is 55.6 Å². The fourth-order valence-corrected chi connectivity index (χ4v) is 3.37. The second kappa shape index (κ2) is 9.01. The van der Waals surface area contributed by atoms with Gasteiger partial charge in [0.2, 0.25) is 0 Å². The Morgan fingerprint density at radius 2 is 2.04 bits per heavy atom. The molecule has 142 valence electrons. The summed E-state index contributed by atoms with van der Waals surface area (Å²) < 4.78 is 1.93. The van der Waals surface area contributed by atoms with Gasteiger partial charge in [-0.2, -0.15) is 5.10 Å². The molecule has 0 saturated heterocycles. The van der Waals surface area contributed by atoms with Crippen molar-refractivity contribution < 1.29 is 0 Å². The summed E-state index contributed by atoms with van der Waals surface area (Å²) in [7, 11) is 1.93. The van der Waals surface area contributed by atoms with Crippen molar-refractivity contribution in [1.29, 1.82) is 0 Å². The number of aromatic nitrogens is 4. The quantitative estimate of drug-likeness (QED) is 0.357. The molecule has 3 aromatic rings. The number of aryl methyl sites for hydroxylation is 3. The van der Waals surface area contributed by atoms with Crippen LogP contribution in [0.5, 0.6) is 0 Å². The van der Waals surface area contributed by atoms with Crippen LogP contribution in [0, 0.1) is 6.92 Å². The van der Waals surface area contributed by atoms with Gasteiger partial charge in [-0.15, -0.1) is 11.6 Å². The van der Waals surface area contributed by atoms with E-state index in [1.54, 1.807) is 0 Å². The summed E-state index contributed by atoms with van der Waals surface area (Å²) in [6, 6.07) is 10.6. The summed E-state index contributed by atoms with van der Waals surface area (Å²) in [5, 5.41) is 7.76. The average molecular weight is 496 g/mol. The predicted molar refractivity (Wildman–Crippen MR) is 119 cm³/mol. The van der Waals surface area contributed by atoms with Crippen LogP contribution in [-0.2, 0) is 13.5 Å². The smallest absolute Gasteiger partial charge is 0.130 e. The van der Waals surface area contributed by atoms with Crippen LogP contribution in [0.15, 0.2) is 42.7 Å². The third-order valence-electron chi connectivity index (χ3n) is 4.30. The summed E-state index contributed by atoms with van der Waals surface area (Å²) in [5.74, 6) is 1.61. The standard InChI is InChI=1S/C20H23ClIN5/c1-13(15-5-4-6-16(9-15)17-11-23-27(3)12-17)24-20-10-18(7-8-19(21)22)25-14(2)26-20/h4-6,9-13,19H,7-8H2,1-3H3,(H,24,25,26). The maximum atomic E-state index is 6.06. The molecule has 2 atom stereocenters. The van der Waals surface area contributed by atoms with Crippen LogP contribution in [0.25, 0.3) is 11.1 Å². The number of alkyl halides is 2. The van der Waals surface area contributed by atoms with Crippen molar-refractivity contribution in [2.24, 2.45) is 7.05 Å². The minimum atomic E-state index is 0.114. The normalized spacial score (nSPS) is 13.4. The molecule has 0 amide bonds. The van der Waals surface area contributed by atoms with Gasteiger partial charge in [0.1, 0.15) is 11.6 Å². The van der Waals surface area contributed by atoms with E-state index in [-0.39, 0.29) is 9.43 Å². The van der Waals surface area contributed by atoms with Gasteiger partial charge in [0.05, 0.1) is 9.58 Å². The predicted octanol–water partition coefficient (Wildman–Crippen LogP) is 5.29. The molecule has 0 radical (unpaired) electrons. The molecule has 2 aromatic heterocycles. The van der Waals surface area contributed by atoms with E-state index in [2.05, 4.69) is 74.2 Å². The van der Waals surface area contributed by atoms with Crippen LogP contribution in [0.3, 0.4) is 0 Å². The number of halogens is 2. The maximum Gasteiger partial charge on any atom is 0.130 e. The van der Waals surface area contributed by atoms with E-state index in [1.165, 1.54) is 5.56 Å². The van der Waals surface area contributed by atoms with E-state index in [1.807, 2.05) is 37.1 Å². The molecule has 0 saturated carbocycles. The highest BCUT2D eigenvalue weighted by atomic mass is 127. The fraction of sp³-hybridized carbons (Fsp3) is 0.350. The third-order valence-corrected chi connectivity index (χ3v) is 5.14. The molecular weight excluding hydrogens is 473 g/mol. The number of hydrogen-bond acceptors (Lipinski definition) is 4. The van der Waals surface area contributed by atoms with E-state index in [0.29, 0.717) is 0 Å². The Labute approximate surface area is 178 Å². The van der Waals surface area contributed by atoms with E-state index < -0.39 is 0 Å². The van der Waals surface area contributed by atoms with Crippen LogP contribution < -0.4 is 5.32 Å². The minimum Gasteiger partial charge on any atom is -0.363 e. The molecule has 1 N–H and O–H groups in total. The lowest BCUT2D eigenvalue weighted by atomic mass is 10.0. The van der Waals surface area contributed by atoms with E-state index >= 15 is 0 Å². The lowest BCUT2D eigenvalue weighted by Gasteiger charge is -2.17. The molecule has 0 aliphatic carbocycles. The Bertz CT molecular complexity index is 909. The SMILES string of the molecule is Cc1nc(CCC(Cl)I)cc(NC(C)c2cccc(-c3cnn(C)c3)c2)n1. The van der Waals surface area contributed by atoms with Crippen molar-refractivity contribution >= 4 is 40.0 Å². The number of nitrogens with one attached hydrogen (secondary N) is 1. The summed E-state index contributed by atoms with van der Waals surface area (Å²) >= 11 is 8.28. The Morgan fingerprint density at radius 1 is 1.22 bits per heavy atom. The Morgan fingerprint density at radius 3 is 2.74 bits per heavy atom. The van der Waals surface area contributed by atoms with Gasteiger partial charge in [-0.1, -0.05) is 40.8 Å². The summed E-state index contributed by atoms with van der Waals surface area (Å²) in [6.45, 7) is 4.06. The largest absolute Gasteiger partial charge is 0.363 e. The van der Waals surface area contributed by atoms with Crippen LogP contribution in [0.2, 0.25) is 0 Å². The first-order valence-electron chi connectivity index (χ1n) is 8.89. The fourth-order valence-electron chi connectivity index (χ4n) is 2.95. The summed E-state index contributed by atoms with van der Waals surface area (Å²) in [5.41, 5.74) is 4.48. The second-order valence-corrected chi connectivity index (χ2v) is 9.38. The lowest BCUT2D eigenvalue weighted by molar-refractivity contribution is 0.768. The van der Waals surface area contributed by atoms with Crippen LogP contribution >= 0.6 is 34.2 Å². The van der Waals surface area contributed by atoms with Crippen molar-refractivity contribution in [3.8, 4) is 11.1 Å². The molecule has 5 nitrogen and oxygen atoms in total. The van der Waals surface area contributed by atoms with Gasteiger partial charge in [0.25, 0.3) is 0 Å². The van der Waals surface area contributed by atoms with Gasteiger partial charge >= 0.3 is 0 Å². The van der Waals surface area contributed by atoms with Crippen LogP contribution in [0.1, 0.15) is 36.5 Å². The van der Waals surface area contributed by atoms with Crippen molar-refractivity contribution in [3.05, 3.63) is 59.8 Å². The van der Waals surface area contributed by atoms with Crippen molar-refractivity contribution in [3.63, 3.8) is 0 Å². The zero-order chi connectivity index (χ0) is 19.4. The Balaban J connectivity index is 1.76.